The standard InChI is InChI=1S/C16H10F3NO4S/c17-16(18,19)11-2-4-12(5-3-11)20-25(22,23)13-6-7-14-10(9-13)1-8-15(21)24-14/h1-9,20H. The molecule has 0 fully saturated rings. The molecule has 25 heavy (non-hydrogen) atoms. The van der Waals surface area contributed by atoms with Crippen molar-refractivity contribution in [1.29, 1.82) is 0 Å². The molecule has 0 aliphatic heterocycles. The number of nitrogens with one attached hydrogen (secondary N) is 1. The van der Waals surface area contributed by atoms with Crippen LogP contribution in [0.15, 0.2) is 68.7 Å². The summed E-state index contributed by atoms with van der Waals surface area (Å²) in [6.07, 6.45) is -4.50. The lowest BCUT2D eigenvalue weighted by atomic mass is 10.2. The zero-order valence-corrected chi connectivity index (χ0v) is 13.2. The Morgan fingerprint density at radius 1 is 0.920 bits per heavy atom. The number of hydrogen-bond acceptors (Lipinski definition) is 4. The van der Waals surface area contributed by atoms with Crippen molar-refractivity contribution >= 4 is 26.7 Å². The Morgan fingerprint density at radius 3 is 2.24 bits per heavy atom. The van der Waals surface area contributed by atoms with Crippen LogP contribution in [-0.2, 0) is 16.2 Å². The Balaban J connectivity index is 1.91. The van der Waals surface area contributed by atoms with E-state index >= 15 is 0 Å². The number of fused-ring (bicyclic) bond motifs is 1. The third kappa shape index (κ3) is 3.66. The summed E-state index contributed by atoms with van der Waals surface area (Å²) in [5.41, 5.74) is -1.23. The molecule has 0 aliphatic rings. The molecule has 0 amide bonds. The predicted molar refractivity (Wildman–Crippen MR) is 84.7 cm³/mol. The molecular weight excluding hydrogens is 359 g/mol. The van der Waals surface area contributed by atoms with E-state index in [2.05, 4.69) is 4.72 Å². The van der Waals surface area contributed by atoms with Crippen LogP contribution in [0.2, 0.25) is 0 Å². The van der Waals surface area contributed by atoms with Crippen LogP contribution in [0.4, 0.5) is 18.9 Å². The Bertz CT molecular complexity index is 1090. The third-order valence-corrected chi connectivity index (χ3v) is 4.74. The fraction of sp³-hybridized carbons (Fsp3) is 0.0625. The molecule has 0 saturated heterocycles. The summed E-state index contributed by atoms with van der Waals surface area (Å²) < 4.78 is 69.4. The molecule has 0 bridgehead atoms. The van der Waals surface area contributed by atoms with Gasteiger partial charge in [-0.2, -0.15) is 13.2 Å². The molecule has 2 aromatic carbocycles. The average molecular weight is 369 g/mol. The first-order chi connectivity index (χ1) is 11.6. The van der Waals surface area contributed by atoms with Crippen molar-refractivity contribution in [3.63, 3.8) is 0 Å². The first-order valence-electron chi connectivity index (χ1n) is 6.89. The van der Waals surface area contributed by atoms with Crippen LogP contribution in [0.5, 0.6) is 0 Å². The smallest absolute Gasteiger partial charge is 0.416 e. The zero-order chi connectivity index (χ0) is 18.2. The lowest BCUT2D eigenvalue weighted by Gasteiger charge is -2.10. The van der Waals surface area contributed by atoms with Crippen LogP contribution < -0.4 is 10.3 Å². The van der Waals surface area contributed by atoms with Gasteiger partial charge in [-0.1, -0.05) is 0 Å². The summed E-state index contributed by atoms with van der Waals surface area (Å²) >= 11 is 0. The van der Waals surface area contributed by atoms with Gasteiger partial charge in [0, 0.05) is 17.1 Å². The second kappa shape index (κ2) is 5.92. The minimum Gasteiger partial charge on any atom is -0.423 e. The SMILES string of the molecule is O=c1ccc2cc(S(=O)(=O)Nc3ccc(C(F)(F)F)cc3)ccc2o1. The molecule has 3 aromatic rings. The van der Waals surface area contributed by atoms with Gasteiger partial charge in [0.25, 0.3) is 10.0 Å². The molecule has 1 aromatic heterocycles. The molecule has 130 valence electrons. The first-order valence-corrected chi connectivity index (χ1v) is 8.37. The highest BCUT2D eigenvalue weighted by molar-refractivity contribution is 7.92. The number of halogens is 3. The maximum atomic E-state index is 12.5. The third-order valence-electron chi connectivity index (χ3n) is 3.37. The summed E-state index contributed by atoms with van der Waals surface area (Å²) in [7, 11) is -4.01. The van der Waals surface area contributed by atoms with Crippen molar-refractivity contribution in [2.45, 2.75) is 11.1 Å². The molecule has 0 atom stereocenters. The highest BCUT2D eigenvalue weighted by Crippen LogP contribution is 2.30. The monoisotopic (exact) mass is 369 g/mol. The summed E-state index contributed by atoms with van der Waals surface area (Å²) in [5.74, 6) is 0. The van der Waals surface area contributed by atoms with Crippen LogP contribution in [-0.4, -0.2) is 8.42 Å². The van der Waals surface area contributed by atoms with E-state index in [-0.39, 0.29) is 16.2 Å². The highest BCUT2D eigenvalue weighted by atomic mass is 32.2. The van der Waals surface area contributed by atoms with Crippen LogP contribution in [0.3, 0.4) is 0 Å². The topological polar surface area (TPSA) is 76.4 Å². The van der Waals surface area contributed by atoms with Gasteiger partial charge in [0.2, 0.25) is 0 Å². The van der Waals surface area contributed by atoms with E-state index in [9.17, 15) is 26.4 Å². The number of anilines is 1. The number of alkyl halides is 3. The van der Waals surface area contributed by atoms with E-state index in [1.165, 1.54) is 24.3 Å². The Labute approximate surface area is 139 Å². The second-order valence-electron chi connectivity index (χ2n) is 5.13. The molecule has 5 nitrogen and oxygen atoms in total. The Morgan fingerprint density at radius 2 is 1.60 bits per heavy atom. The van der Waals surface area contributed by atoms with Crippen LogP contribution in [0.25, 0.3) is 11.0 Å². The van der Waals surface area contributed by atoms with E-state index in [1.54, 1.807) is 0 Å². The molecule has 1 N–H and O–H groups in total. The van der Waals surface area contributed by atoms with E-state index in [0.717, 1.165) is 30.3 Å². The van der Waals surface area contributed by atoms with E-state index in [0.29, 0.717) is 5.39 Å². The lowest BCUT2D eigenvalue weighted by molar-refractivity contribution is -0.137. The Kier molecular flexibility index (Phi) is 4.03. The summed E-state index contributed by atoms with van der Waals surface area (Å²) in [4.78, 5) is 11.0. The van der Waals surface area contributed by atoms with Crippen molar-refractivity contribution in [3.8, 4) is 0 Å². The van der Waals surface area contributed by atoms with Crippen LogP contribution in [0.1, 0.15) is 5.56 Å². The minimum absolute atomic E-state index is 0.00677. The zero-order valence-electron chi connectivity index (χ0n) is 12.4. The van der Waals surface area contributed by atoms with E-state index in [4.69, 9.17) is 4.42 Å². The molecule has 0 radical (unpaired) electrons. The van der Waals surface area contributed by atoms with Crippen molar-refractivity contribution < 1.29 is 26.0 Å². The van der Waals surface area contributed by atoms with E-state index < -0.39 is 27.4 Å². The maximum absolute atomic E-state index is 12.5. The number of sulfonamides is 1. The van der Waals surface area contributed by atoms with Gasteiger partial charge >= 0.3 is 11.8 Å². The van der Waals surface area contributed by atoms with Crippen molar-refractivity contribution in [2.75, 3.05) is 4.72 Å². The quantitative estimate of drug-likeness (QED) is 0.716. The van der Waals surface area contributed by atoms with Gasteiger partial charge in [0.05, 0.1) is 10.5 Å². The highest BCUT2D eigenvalue weighted by Gasteiger charge is 2.30. The summed E-state index contributed by atoms with van der Waals surface area (Å²) in [5, 5.41) is 0.398. The maximum Gasteiger partial charge on any atom is 0.416 e. The van der Waals surface area contributed by atoms with Crippen LogP contribution in [0, 0.1) is 0 Å². The fourth-order valence-corrected chi connectivity index (χ4v) is 3.25. The Hall–Kier alpha value is -2.81. The van der Waals surface area contributed by atoms with Gasteiger partial charge < -0.3 is 4.42 Å². The van der Waals surface area contributed by atoms with Crippen molar-refractivity contribution in [2.24, 2.45) is 0 Å². The molecule has 0 saturated carbocycles. The van der Waals surface area contributed by atoms with E-state index in [1.807, 2.05) is 0 Å². The molecule has 0 aliphatic carbocycles. The lowest BCUT2D eigenvalue weighted by Crippen LogP contribution is -2.13. The van der Waals surface area contributed by atoms with Crippen molar-refractivity contribution in [1.82, 2.24) is 0 Å². The number of benzene rings is 2. The first kappa shape index (κ1) is 17.0. The van der Waals surface area contributed by atoms with Gasteiger partial charge in [0.15, 0.2) is 0 Å². The largest absolute Gasteiger partial charge is 0.423 e. The average Bonchev–Trinajstić information content (AvgIpc) is 2.53. The molecule has 0 spiro atoms. The second-order valence-corrected chi connectivity index (χ2v) is 6.82. The number of hydrogen-bond donors (Lipinski definition) is 1. The molecule has 0 unspecified atom stereocenters. The predicted octanol–water partition coefficient (Wildman–Crippen LogP) is 3.61. The van der Waals surface area contributed by atoms with Gasteiger partial charge in [0.1, 0.15) is 5.58 Å². The van der Waals surface area contributed by atoms with Gasteiger partial charge in [-0.05, 0) is 48.5 Å². The molecule has 9 heteroatoms. The molecular formula is C16H10F3NO4S. The normalized spacial score (nSPS) is 12.3. The molecule has 3 rings (SSSR count). The van der Waals surface area contributed by atoms with Gasteiger partial charge in [-0.3, -0.25) is 4.72 Å². The fourth-order valence-electron chi connectivity index (χ4n) is 2.16. The summed E-state index contributed by atoms with van der Waals surface area (Å²) in [6.45, 7) is 0. The minimum atomic E-state index is -4.50. The van der Waals surface area contributed by atoms with Crippen molar-refractivity contribution in [3.05, 3.63) is 70.6 Å². The van der Waals surface area contributed by atoms with Crippen LogP contribution >= 0.6 is 0 Å². The molecule has 1 heterocycles. The van der Waals surface area contributed by atoms with Gasteiger partial charge in [-0.15, -0.1) is 0 Å². The van der Waals surface area contributed by atoms with Gasteiger partial charge in [-0.25, -0.2) is 13.2 Å². The summed E-state index contributed by atoms with van der Waals surface area (Å²) in [6, 6.07) is 10.1. The number of rotatable bonds is 3.